The first kappa shape index (κ1) is 15.1. The minimum absolute atomic E-state index is 0.303. The minimum Gasteiger partial charge on any atom is -0.459 e. The lowest BCUT2D eigenvalue weighted by Gasteiger charge is -2.39. The van der Waals surface area contributed by atoms with E-state index < -0.39 is 0 Å². The van der Waals surface area contributed by atoms with Gasteiger partial charge in [-0.2, -0.15) is 0 Å². The number of nitrogens with two attached hydrogens (primary N) is 1. The summed E-state index contributed by atoms with van der Waals surface area (Å²) in [5.74, 6) is 1.65. The first-order valence-corrected chi connectivity index (χ1v) is 8.56. The lowest BCUT2D eigenvalue weighted by atomic mass is 9.90. The molecule has 114 valence electrons. The molecule has 3 unspecified atom stereocenters. The summed E-state index contributed by atoms with van der Waals surface area (Å²) in [6.45, 7) is 6.59. The van der Waals surface area contributed by atoms with E-state index in [1.54, 1.807) is 0 Å². The summed E-state index contributed by atoms with van der Waals surface area (Å²) in [5, 5.41) is 1.16. The Kier molecular flexibility index (Phi) is 4.38. The van der Waals surface area contributed by atoms with Crippen LogP contribution in [0.5, 0.6) is 0 Å². The highest BCUT2D eigenvalue weighted by Crippen LogP contribution is 2.32. The van der Waals surface area contributed by atoms with Crippen LogP contribution < -0.4 is 5.73 Å². The molecule has 0 aliphatic carbocycles. The molecule has 2 N–H and O–H groups in total. The van der Waals surface area contributed by atoms with E-state index in [2.05, 4.69) is 46.8 Å². The fourth-order valence-electron chi connectivity index (χ4n) is 3.28. The van der Waals surface area contributed by atoms with Gasteiger partial charge < -0.3 is 10.2 Å². The summed E-state index contributed by atoms with van der Waals surface area (Å²) in [7, 11) is 0. The third kappa shape index (κ3) is 3.03. The van der Waals surface area contributed by atoms with Crippen molar-refractivity contribution in [1.82, 2.24) is 4.90 Å². The molecule has 1 fully saturated rings. The average Bonchev–Trinajstić information content (AvgIpc) is 2.90. The van der Waals surface area contributed by atoms with E-state index >= 15 is 0 Å². The van der Waals surface area contributed by atoms with Gasteiger partial charge in [-0.15, -0.1) is 0 Å². The SMILES string of the molecule is CCC1CN(C(C)c2cc3cc(Br)ccc3o2)CCC1N. The Bertz CT molecular complexity index is 624. The van der Waals surface area contributed by atoms with Crippen LogP contribution in [0, 0.1) is 5.92 Å². The van der Waals surface area contributed by atoms with Crippen LogP contribution in [0.1, 0.15) is 38.5 Å². The predicted octanol–water partition coefficient (Wildman–Crippen LogP) is 4.32. The lowest BCUT2D eigenvalue weighted by Crippen LogP contribution is -2.47. The molecular weight excluding hydrogens is 328 g/mol. The molecule has 1 aliphatic rings. The van der Waals surface area contributed by atoms with Crippen LogP contribution in [-0.4, -0.2) is 24.0 Å². The number of halogens is 1. The van der Waals surface area contributed by atoms with Crippen LogP contribution in [0.25, 0.3) is 11.0 Å². The van der Waals surface area contributed by atoms with Crippen molar-refractivity contribution in [3.63, 3.8) is 0 Å². The summed E-state index contributed by atoms with van der Waals surface area (Å²) < 4.78 is 7.13. The number of hydrogen-bond acceptors (Lipinski definition) is 3. The van der Waals surface area contributed by atoms with Gasteiger partial charge in [0.2, 0.25) is 0 Å². The minimum atomic E-state index is 0.303. The van der Waals surface area contributed by atoms with Crippen LogP contribution >= 0.6 is 15.9 Å². The fraction of sp³-hybridized carbons (Fsp3) is 0.529. The van der Waals surface area contributed by atoms with Crippen molar-refractivity contribution in [3.05, 3.63) is 34.5 Å². The van der Waals surface area contributed by atoms with Crippen LogP contribution in [-0.2, 0) is 0 Å². The summed E-state index contributed by atoms with van der Waals surface area (Å²) >= 11 is 3.51. The molecule has 0 saturated carbocycles. The molecule has 4 heteroatoms. The second-order valence-electron chi connectivity index (χ2n) is 6.12. The molecule has 2 aromatic rings. The number of hydrogen-bond donors (Lipinski definition) is 1. The van der Waals surface area contributed by atoms with Crippen molar-refractivity contribution in [2.45, 2.75) is 38.8 Å². The molecule has 1 aromatic carbocycles. The molecule has 3 nitrogen and oxygen atoms in total. The Morgan fingerprint density at radius 3 is 3.00 bits per heavy atom. The molecule has 3 rings (SSSR count). The van der Waals surface area contributed by atoms with Gasteiger partial charge in [-0.3, -0.25) is 4.90 Å². The number of rotatable bonds is 3. The lowest BCUT2D eigenvalue weighted by molar-refractivity contribution is 0.104. The zero-order valence-electron chi connectivity index (χ0n) is 12.7. The summed E-state index contributed by atoms with van der Waals surface area (Å²) in [6, 6.07) is 8.97. The molecule has 2 heterocycles. The van der Waals surface area contributed by atoms with Crippen molar-refractivity contribution in [2.24, 2.45) is 11.7 Å². The van der Waals surface area contributed by atoms with Gasteiger partial charge in [-0.25, -0.2) is 0 Å². The van der Waals surface area contributed by atoms with Crippen molar-refractivity contribution in [3.8, 4) is 0 Å². The fourth-order valence-corrected chi connectivity index (χ4v) is 3.66. The molecule has 3 atom stereocenters. The van der Waals surface area contributed by atoms with E-state index in [0.29, 0.717) is 18.0 Å². The van der Waals surface area contributed by atoms with E-state index in [1.165, 1.54) is 0 Å². The highest BCUT2D eigenvalue weighted by atomic mass is 79.9. The molecular formula is C17H23BrN2O. The molecule has 0 spiro atoms. The first-order valence-electron chi connectivity index (χ1n) is 7.77. The average molecular weight is 351 g/mol. The van der Waals surface area contributed by atoms with E-state index in [9.17, 15) is 0 Å². The van der Waals surface area contributed by atoms with Gasteiger partial charge in [0, 0.05) is 29.0 Å². The summed E-state index contributed by atoms with van der Waals surface area (Å²) in [6.07, 6.45) is 2.23. The smallest absolute Gasteiger partial charge is 0.134 e. The molecule has 0 bridgehead atoms. The van der Waals surface area contributed by atoms with Crippen LogP contribution in [0.4, 0.5) is 0 Å². The highest BCUT2D eigenvalue weighted by molar-refractivity contribution is 9.10. The Labute approximate surface area is 134 Å². The number of nitrogens with zero attached hydrogens (tertiary/aromatic N) is 1. The third-order valence-electron chi connectivity index (χ3n) is 4.81. The predicted molar refractivity (Wildman–Crippen MR) is 90.3 cm³/mol. The molecule has 0 radical (unpaired) electrons. The van der Waals surface area contributed by atoms with Gasteiger partial charge in [0.25, 0.3) is 0 Å². The number of furan rings is 1. The maximum atomic E-state index is 6.21. The van der Waals surface area contributed by atoms with Crippen molar-refractivity contribution < 1.29 is 4.42 Å². The van der Waals surface area contributed by atoms with Crippen molar-refractivity contribution in [2.75, 3.05) is 13.1 Å². The molecule has 21 heavy (non-hydrogen) atoms. The number of likely N-dealkylation sites (tertiary alicyclic amines) is 1. The van der Waals surface area contributed by atoms with E-state index in [-0.39, 0.29) is 0 Å². The van der Waals surface area contributed by atoms with Gasteiger partial charge in [0.15, 0.2) is 0 Å². The second-order valence-corrected chi connectivity index (χ2v) is 7.04. The summed E-state index contributed by atoms with van der Waals surface area (Å²) in [5.41, 5.74) is 7.17. The quantitative estimate of drug-likeness (QED) is 0.896. The van der Waals surface area contributed by atoms with Gasteiger partial charge in [0.05, 0.1) is 6.04 Å². The third-order valence-corrected chi connectivity index (χ3v) is 5.30. The molecule has 0 amide bonds. The molecule has 1 aliphatic heterocycles. The number of piperidine rings is 1. The van der Waals surface area contributed by atoms with Gasteiger partial charge in [0.1, 0.15) is 11.3 Å². The second kappa shape index (κ2) is 6.11. The maximum absolute atomic E-state index is 6.21. The largest absolute Gasteiger partial charge is 0.459 e. The Balaban J connectivity index is 1.81. The highest BCUT2D eigenvalue weighted by Gasteiger charge is 2.29. The molecule has 1 saturated heterocycles. The summed E-state index contributed by atoms with van der Waals surface area (Å²) in [4.78, 5) is 2.50. The monoisotopic (exact) mass is 350 g/mol. The zero-order valence-corrected chi connectivity index (χ0v) is 14.3. The Hall–Kier alpha value is -0.840. The van der Waals surface area contributed by atoms with Crippen molar-refractivity contribution >= 4 is 26.9 Å². The van der Waals surface area contributed by atoms with Crippen LogP contribution in [0.2, 0.25) is 0 Å². The normalized spacial score (nSPS) is 25.3. The van der Waals surface area contributed by atoms with E-state index in [0.717, 1.165) is 47.1 Å². The number of benzene rings is 1. The van der Waals surface area contributed by atoms with Gasteiger partial charge in [-0.1, -0.05) is 29.3 Å². The number of fused-ring (bicyclic) bond motifs is 1. The Morgan fingerprint density at radius 2 is 2.24 bits per heavy atom. The van der Waals surface area contributed by atoms with E-state index in [1.807, 2.05) is 12.1 Å². The van der Waals surface area contributed by atoms with Gasteiger partial charge >= 0.3 is 0 Å². The van der Waals surface area contributed by atoms with Crippen LogP contribution in [0.3, 0.4) is 0 Å². The molecule has 1 aromatic heterocycles. The van der Waals surface area contributed by atoms with E-state index in [4.69, 9.17) is 10.2 Å². The zero-order chi connectivity index (χ0) is 15.0. The topological polar surface area (TPSA) is 42.4 Å². The van der Waals surface area contributed by atoms with Crippen LogP contribution in [0.15, 0.2) is 33.2 Å². The van der Waals surface area contributed by atoms with Gasteiger partial charge in [-0.05, 0) is 43.5 Å². The first-order chi connectivity index (χ1) is 10.1. The Morgan fingerprint density at radius 1 is 1.43 bits per heavy atom. The standard InChI is InChI=1S/C17H23BrN2O/c1-3-12-10-20(7-6-15(12)19)11(2)17-9-13-8-14(18)4-5-16(13)21-17/h4-5,8-9,11-12,15H,3,6-7,10,19H2,1-2H3. The van der Waals surface area contributed by atoms with Crippen molar-refractivity contribution in [1.29, 1.82) is 0 Å². The maximum Gasteiger partial charge on any atom is 0.134 e.